The maximum absolute atomic E-state index is 14.2. The van der Waals surface area contributed by atoms with Crippen LogP contribution in [0.5, 0.6) is 11.5 Å². The second-order valence-corrected chi connectivity index (χ2v) is 5.36. The number of nitrogens with one attached hydrogen (secondary N) is 2. The van der Waals surface area contributed by atoms with E-state index in [0.717, 1.165) is 0 Å². The first-order valence-electron chi connectivity index (χ1n) is 7.68. The summed E-state index contributed by atoms with van der Waals surface area (Å²) in [5.41, 5.74) is 1.34. The van der Waals surface area contributed by atoms with Gasteiger partial charge >= 0.3 is 0 Å². The van der Waals surface area contributed by atoms with Gasteiger partial charge in [0.25, 0.3) is 0 Å². The Morgan fingerprint density at radius 2 is 2.04 bits per heavy atom. The molecule has 128 valence electrons. The summed E-state index contributed by atoms with van der Waals surface area (Å²) < 4.78 is 24.7. The third-order valence-corrected chi connectivity index (χ3v) is 3.64. The van der Waals surface area contributed by atoms with Gasteiger partial charge in [-0.05, 0) is 36.4 Å². The molecule has 0 saturated carbocycles. The summed E-state index contributed by atoms with van der Waals surface area (Å²) >= 11 is 0. The Bertz CT molecular complexity index is 1020. The van der Waals surface area contributed by atoms with Crippen LogP contribution in [0.3, 0.4) is 0 Å². The number of fused-ring (bicyclic) bond motifs is 1. The third-order valence-electron chi connectivity index (χ3n) is 3.64. The van der Waals surface area contributed by atoms with E-state index in [1.165, 1.54) is 18.3 Å². The molecular formula is C18H12FN5O2. The number of nitriles is 1. The molecule has 0 amide bonds. The first-order chi connectivity index (χ1) is 12.7. The lowest BCUT2D eigenvalue weighted by molar-refractivity contribution is 0.174. The van der Waals surface area contributed by atoms with Crippen molar-refractivity contribution in [3.63, 3.8) is 0 Å². The van der Waals surface area contributed by atoms with Gasteiger partial charge in [0, 0.05) is 11.9 Å². The summed E-state index contributed by atoms with van der Waals surface area (Å²) in [5, 5.41) is 14.9. The summed E-state index contributed by atoms with van der Waals surface area (Å²) in [6.07, 6.45) is 1.53. The molecule has 1 aliphatic rings. The van der Waals surface area contributed by atoms with E-state index in [1.54, 1.807) is 30.3 Å². The highest BCUT2D eigenvalue weighted by molar-refractivity contribution is 5.70. The average molecular weight is 349 g/mol. The first-order valence-corrected chi connectivity index (χ1v) is 7.68. The van der Waals surface area contributed by atoms with Gasteiger partial charge in [0.2, 0.25) is 12.7 Å². The molecule has 2 N–H and O–H groups in total. The fraction of sp³-hybridized carbons (Fsp3) is 0.0556. The van der Waals surface area contributed by atoms with Gasteiger partial charge in [-0.25, -0.2) is 9.37 Å². The monoisotopic (exact) mass is 349 g/mol. The molecule has 1 aliphatic heterocycles. The first kappa shape index (κ1) is 15.7. The smallest absolute Gasteiger partial charge is 0.231 e. The maximum atomic E-state index is 14.2. The number of hydrogen-bond acceptors (Lipinski definition) is 7. The molecule has 0 unspecified atom stereocenters. The van der Waals surface area contributed by atoms with E-state index >= 15 is 0 Å². The Morgan fingerprint density at radius 1 is 1.12 bits per heavy atom. The molecule has 7 nitrogen and oxygen atoms in total. The van der Waals surface area contributed by atoms with Crippen molar-refractivity contribution in [2.24, 2.45) is 0 Å². The van der Waals surface area contributed by atoms with Crippen molar-refractivity contribution in [3.8, 4) is 17.6 Å². The van der Waals surface area contributed by atoms with Crippen LogP contribution in [0, 0.1) is 17.1 Å². The van der Waals surface area contributed by atoms with Crippen LogP contribution in [0.1, 0.15) is 5.56 Å². The molecule has 0 atom stereocenters. The highest BCUT2D eigenvalue weighted by atomic mass is 19.1. The Kier molecular flexibility index (Phi) is 3.95. The van der Waals surface area contributed by atoms with E-state index in [-0.39, 0.29) is 12.5 Å². The number of ether oxygens (including phenoxy) is 2. The zero-order valence-electron chi connectivity index (χ0n) is 13.4. The molecule has 8 heteroatoms. The van der Waals surface area contributed by atoms with E-state index in [0.29, 0.717) is 34.5 Å². The van der Waals surface area contributed by atoms with Crippen molar-refractivity contribution in [1.82, 2.24) is 9.97 Å². The molecule has 4 rings (SSSR count). The van der Waals surface area contributed by atoms with Gasteiger partial charge in [0.15, 0.2) is 17.3 Å². The fourth-order valence-corrected chi connectivity index (χ4v) is 2.48. The van der Waals surface area contributed by atoms with Crippen LogP contribution in [0.25, 0.3) is 0 Å². The number of hydrogen-bond donors (Lipinski definition) is 2. The van der Waals surface area contributed by atoms with Crippen LogP contribution in [0.2, 0.25) is 0 Å². The minimum Gasteiger partial charge on any atom is -0.454 e. The van der Waals surface area contributed by atoms with Crippen molar-refractivity contribution < 1.29 is 13.9 Å². The number of nitrogens with zero attached hydrogens (tertiary/aromatic N) is 3. The lowest BCUT2D eigenvalue weighted by Crippen LogP contribution is -2.02. The van der Waals surface area contributed by atoms with E-state index in [4.69, 9.17) is 14.7 Å². The normalized spacial score (nSPS) is 11.7. The summed E-state index contributed by atoms with van der Waals surface area (Å²) in [6.45, 7) is 0.0410. The summed E-state index contributed by atoms with van der Waals surface area (Å²) in [6, 6.07) is 13.4. The summed E-state index contributed by atoms with van der Waals surface area (Å²) in [4.78, 5) is 8.44. The van der Waals surface area contributed by atoms with Crippen molar-refractivity contribution in [2.45, 2.75) is 0 Å². The van der Waals surface area contributed by atoms with Crippen molar-refractivity contribution in [3.05, 3.63) is 60.0 Å². The number of halogens is 1. The van der Waals surface area contributed by atoms with Crippen LogP contribution >= 0.6 is 0 Å². The van der Waals surface area contributed by atoms with Crippen molar-refractivity contribution >= 4 is 23.1 Å². The highest BCUT2D eigenvalue weighted by Crippen LogP contribution is 2.41. The molecule has 1 aromatic heterocycles. The average Bonchev–Trinajstić information content (AvgIpc) is 3.14. The summed E-state index contributed by atoms with van der Waals surface area (Å²) in [5.74, 6) is 0.968. The molecule has 0 aliphatic carbocycles. The Hall–Kier alpha value is -3.86. The highest BCUT2D eigenvalue weighted by Gasteiger charge is 2.21. The molecule has 0 saturated heterocycles. The van der Waals surface area contributed by atoms with E-state index in [1.807, 2.05) is 0 Å². The van der Waals surface area contributed by atoms with Crippen molar-refractivity contribution in [2.75, 3.05) is 17.4 Å². The largest absolute Gasteiger partial charge is 0.454 e. The Balaban J connectivity index is 1.59. The molecule has 0 fully saturated rings. The predicted molar refractivity (Wildman–Crippen MR) is 92.3 cm³/mol. The molecule has 0 spiro atoms. The molecule has 2 heterocycles. The Labute approximate surface area is 148 Å². The lowest BCUT2D eigenvalue weighted by Gasteiger charge is -2.11. The second-order valence-electron chi connectivity index (χ2n) is 5.36. The number of benzene rings is 2. The minimum absolute atomic E-state index is 0.0410. The van der Waals surface area contributed by atoms with Crippen LogP contribution in [0.4, 0.5) is 27.5 Å². The van der Waals surface area contributed by atoms with Gasteiger partial charge in [-0.3, -0.25) is 0 Å². The molecule has 3 aromatic rings. The molecule has 0 radical (unpaired) electrons. The fourth-order valence-electron chi connectivity index (χ4n) is 2.48. The van der Waals surface area contributed by atoms with Crippen LogP contribution < -0.4 is 20.1 Å². The molecule has 2 aromatic carbocycles. The molecule has 0 bridgehead atoms. The lowest BCUT2D eigenvalue weighted by atomic mass is 10.2. The number of anilines is 4. The minimum atomic E-state index is -0.482. The van der Waals surface area contributed by atoms with Gasteiger partial charge in [0.1, 0.15) is 11.5 Å². The summed E-state index contributed by atoms with van der Waals surface area (Å²) in [7, 11) is 0. The van der Waals surface area contributed by atoms with Crippen LogP contribution in [-0.2, 0) is 0 Å². The van der Waals surface area contributed by atoms with E-state index in [2.05, 4.69) is 26.7 Å². The van der Waals surface area contributed by atoms with Gasteiger partial charge in [-0.15, -0.1) is 0 Å². The van der Waals surface area contributed by atoms with E-state index < -0.39 is 5.82 Å². The van der Waals surface area contributed by atoms with Gasteiger partial charge in [-0.2, -0.15) is 10.2 Å². The second kappa shape index (κ2) is 6.57. The van der Waals surface area contributed by atoms with Crippen molar-refractivity contribution in [1.29, 1.82) is 5.26 Å². The number of aromatic nitrogens is 2. The third kappa shape index (κ3) is 3.06. The standard InChI is InChI=1S/C18H12FN5O2/c19-13-4-5-14-17(26-10-25-14)16(13)23-15-6-7-21-18(24-15)22-12-3-1-2-11(8-12)9-20/h1-8H,10H2,(H2,21,22,23,24). The van der Waals surface area contributed by atoms with Gasteiger partial charge in [-0.1, -0.05) is 6.07 Å². The zero-order valence-corrected chi connectivity index (χ0v) is 13.4. The molecule has 26 heavy (non-hydrogen) atoms. The predicted octanol–water partition coefficient (Wildman–Crippen LogP) is 3.70. The zero-order chi connectivity index (χ0) is 17.9. The van der Waals surface area contributed by atoms with Crippen LogP contribution in [-0.4, -0.2) is 16.8 Å². The topological polar surface area (TPSA) is 92.1 Å². The Morgan fingerprint density at radius 3 is 2.92 bits per heavy atom. The maximum Gasteiger partial charge on any atom is 0.231 e. The molecular weight excluding hydrogens is 337 g/mol. The number of rotatable bonds is 4. The van der Waals surface area contributed by atoms with Gasteiger partial charge < -0.3 is 20.1 Å². The van der Waals surface area contributed by atoms with E-state index in [9.17, 15) is 4.39 Å². The quantitative estimate of drug-likeness (QED) is 0.742. The van der Waals surface area contributed by atoms with Crippen LogP contribution in [0.15, 0.2) is 48.7 Å². The SMILES string of the molecule is N#Cc1cccc(Nc2nccc(Nc3c(F)ccc4c3OCO4)n2)c1. The van der Waals surface area contributed by atoms with Gasteiger partial charge in [0.05, 0.1) is 11.6 Å².